The Hall–Kier alpha value is -2.49. The maximum atomic E-state index is 12.4. The number of nitro benzene ring substituents is 1. The lowest BCUT2D eigenvalue weighted by atomic mass is 10.1. The van der Waals surface area contributed by atoms with Gasteiger partial charge in [-0.05, 0) is 46.4 Å². The molecular weight excluding hydrogens is 439 g/mol. The normalized spacial score (nSPS) is 11.4. The van der Waals surface area contributed by atoms with E-state index < -0.39 is 22.8 Å². The number of halogens is 1. The molecule has 0 aromatic heterocycles. The highest BCUT2D eigenvalue weighted by atomic mass is 127. The van der Waals surface area contributed by atoms with Crippen LogP contribution in [0, 0.1) is 13.7 Å². The van der Waals surface area contributed by atoms with Gasteiger partial charge in [-0.1, -0.05) is 18.2 Å². The minimum absolute atomic E-state index is 0.103. The molecule has 0 aliphatic rings. The van der Waals surface area contributed by atoms with Crippen LogP contribution in [0.4, 0.5) is 5.69 Å². The number of non-ortho nitro benzene ring substituents is 1. The molecule has 7 nitrogen and oxygen atoms in total. The molecule has 2 aromatic carbocycles. The van der Waals surface area contributed by atoms with E-state index in [9.17, 15) is 19.7 Å². The largest absolute Gasteiger partial charge is 0.467 e. The van der Waals surface area contributed by atoms with Gasteiger partial charge in [0.25, 0.3) is 11.6 Å². The zero-order valence-electron chi connectivity index (χ0n) is 13.3. The first kappa shape index (κ1) is 18.8. The molecule has 0 heterocycles. The molecule has 130 valence electrons. The number of amides is 1. The zero-order chi connectivity index (χ0) is 18.4. The summed E-state index contributed by atoms with van der Waals surface area (Å²) in [5.74, 6) is -1.16. The summed E-state index contributed by atoms with van der Waals surface area (Å²) in [7, 11) is 1.24. The predicted molar refractivity (Wildman–Crippen MR) is 99.2 cm³/mol. The second kappa shape index (κ2) is 8.56. The van der Waals surface area contributed by atoms with Crippen LogP contribution in [0.3, 0.4) is 0 Å². The molecule has 0 aliphatic carbocycles. The lowest BCUT2D eigenvalue weighted by Gasteiger charge is -2.17. The maximum absolute atomic E-state index is 12.4. The van der Waals surface area contributed by atoms with Crippen molar-refractivity contribution in [3.8, 4) is 0 Å². The molecule has 1 N–H and O–H groups in total. The third kappa shape index (κ3) is 5.24. The summed E-state index contributed by atoms with van der Waals surface area (Å²) < 4.78 is 5.75. The Morgan fingerprint density at radius 3 is 2.60 bits per heavy atom. The zero-order valence-corrected chi connectivity index (χ0v) is 15.4. The number of carbonyl (C=O) groups is 2. The second-order valence-corrected chi connectivity index (χ2v) is 6.44. The second-order valence-electron chi connectivity index (χ2n) is 5.19. The smallest absolute Gasteiger partial charge is 0.328 e. The molecular formula is C17H15IN2O5. The van der Waals surface area contributed by atoms with Gasteiger partial charge in [0, 0.05) is 27.7 Å². The fourth-order valence-corrected chi connectivity index (χ4v) is 2.85. The fraction of sp³-hybridized carbons (Fsp3) is 0.176. The highest BCUT2D eigenvalue weighted by Crippen LogP contribution is 2.14. The number of benzene rings is 2. The minimum Gasteiger partial charge on any atom is -0.467 e. The molecule has 2 rings (SSSR count). The lowest BCUT2D eigenvalue weighted by Crippen LogP contribution is -2.43. The summed E-state index contributed by atoms with van der Waals surface area (Å²) in [6.45, 7) is 0. The molecule has 25 heavy (non-hydrogen) atoms. The van der Waals surface area contributed by atoms with E-state index in [1.165, 1.54) is 25.3 Å². The number of methoxy groups -OCH3 is 1. The molecule has 0 radical (unpaired) electrons. The van der Waals surface area contributed by atoms with Gasteiger partial charge >= 0.3 is 5.97 Å². The lowest BCUT2D eigenvalue weighted by molar-refractivity contribution is -0.384. The van der Waals surface area contributed by atoms with Crippen LogP contribution in [0.25, 0.3) is 0 Å². The Bertz CT molecular complexity index is 809. The van der Waals surface area contributed by atoms with E-state index in [0.29, 0.717) is 0 Å². The first-order valence-corrected chi connectivity index (χ1v) is 8.36. The molecule has 0 saturated heterocycles. The van der Waals surface area contributed by atoms with Gasteiger partial charge in [0.05, 0.1) is 12.0 Å². The predicted octanol–water partition coefficient (Wildman–Crippen LogP) is 2.71. The van der Waals surface area contributed by atoms with Crippen molar-refractivity contribution in [2.45, 2.75) is 12.5 Å². The number of hydrogen-bond donors (Lipinski definition) is 1. The Morgan fingerprint density at radius 1 is 1.24 bits per heavy atom. The summed E-state index contributed by atoms with van der Waals surface area (Å²) in [5, 5.41) is 13.4. The van der Waals surface area contributed by atoms with Gasteiger partial charge in [-0.2, -0.15) is 0 Å². The third-order valence-electron chi connectivity index (χ3n) is 3.44. The Morgan fingerprint density at radius 2 is 1.96 bits per heavy atom. The van der Waals surface area contributed by atoms with Crippen molar-refractivity contribution in [2.24, 2.45) is 0 Å². The van der Waals surface area contributed by atoms with Gasteiger partial charge in [0.15, 0.2) is 0 Å². The van der Waals surface area contributed by atoms with E-state index in [-0.39, 0.29) is 17.7 Å². The molecule has 8 heteroatoms. The Labute approximate surface area is 157 Å². The summed E-state index contributed by atoms with van der Waals surface area (Å²) >= 11 is 2.16. The van der Waals surface area contributed by atoms with Crippen molar-refractivity contribution < 1.29 is 19.2 Å². The minimum atomic E-state index is -0.894. The van der Waals surface area contributed by atoms with Gasteiger partial charge in [-0.25, -0.2) is 4.79 Å². The van der Waals surface area contributed by atoms with E-state index >= 15 is 0 Å². The van der Waals surface area contributed by atoms with E-state index in [4.69, 9.17) is 4.74 Å². The number of hydrogen-bond acceptors (Lipinski definition) is 5. The van der Waals surface area contributed by atoms with Crippen LogP contribution in [-0.4, -0.2) is 30.0 Å². The van der Waals surface area contributed by atoms with E-state index in [1.807, 2.05) is 24.3 Å². The molecule has 0 saturated carbocycles. The first-order valence-electron chi connectivity index (χ1n) is 7.28. The standard InChI is InChI=1S/C17H15IN2O5/c1-25-17(22)15(9-11-4-2-6-13(18)8-11)19-16(21)12-5-3-7-14(10-12)20(23)24/h2-8,10,15H,9H2,1H3,(H,19,21)/t15-/m1/s1. The summed E-state index contributed by atoms with van der Waals surface area (Å²) in [4.78, 5) is 34.6. The van der Waals surface area contributed by atoms with Crippen LogP contribution in [0.5, 0.6) is 0 Å². The fourth-order valence-electron chi connectivity index (χ4n) is 2.24. The number of nitrogens with one attached hydrogen (secondary N) is 1. The highest BCUT2D eigenvalue weighted by molar-refractivity contribution is 14.1. The number of nitro groups is 1. The van der Waals surface area contributed by atoms with Gasteiger partial charge in [0.1, 0.15) is 6.04 Å². The van der Waals surface area contributed by atoms with Crippen molar-refractivity contribution in [2.75, 3.05) is 7.11 Å². The summed E-state index contributed by atoms with van der Waals surface area (Å²) in [5.41, 5.74) is 0.771. The molecule has 0 bridgehead atoms. The van der Waals surface area contributed by atoms with E-state index in [0.717, 1.165) is 15.2 Å². The Kier molecular flexibility index (Phi) is 6.45. The van der Waals surface area contributed by atoms with Gasteiger partial charge in [-0.15, -0.1) is 0 Å². The van der Waals surface area contributed by atoms with Gasteiger partial charge < -0.3 is 10.1 Å². The van der Waals surface area contributed by atoms with Gasteiger partial charge in [0.2, 0.25) is 0 Å². The van der Waals surface area contributed by atoms with Crippen molar-refractivity contribution in [3.63, 3.8) is 0 Å². The highest BCUT2D eigenvalue weighted by Gasteiger charge is 2.23. The number of esters is 1. The monoisotopic (exact) mass is 454 g/mol. The van der Waals surface area contributed by atoms with Crippen LogP contribution < -0.4 is 5.32 Å². The SMILES string of the molecule is COC(=O)[C@@H](Cc1cccc(I)c1)NC(=O)c1cccc([N+](=O)[O-])c1. The first-order chi connectivity index (χ1) is 11.9. The molecule has 0 aliphatic heterocycles. The van der Waals surface area contributed by atoms with Crippen molar-refractivity contribution in [3.05, 3.63) is 73.3 Å². The molecule has 2 aromatic rings. The van der Waals surface area contributed by atoms with E-state index in [2.05, 4.69) is 27.9 Å². The quantitative estimate of drug-likeness (QED) is 0.313. The van der Waals surface area contributed by atoms with Crippen molar-refractivity contribution in [1.82, 2.24) is 5.32 Å². The number of carbonyl (C=O) groups excluding carboxylic acids is 2. The molecule has 1 atom stereocenters. The van der Waals surface area contributed by atoms with Crippen LogP contribution in [-0.2, 0) is 16.0 Å². The van der Waals surface area contributed by atoms with Crippen LogP contribution in [0.2, 0.25) is 0 Å². The number of rotatable bonds is 6. The average Bonchev–Trinajstić information content (AvgIpc) is 2.60. The summed E-state index contributed by atoms with van der Waals surface area (Å²) in [6.07, 6.45) is 0.254. The average molecular weight is 454 g/mol. The van der Waals surface area contributed by atoms with Crippen molar-refractivity contribution >= 4 is 40.2 Å². The maximum Gasteiger partial charge on any atom is 0.328 e. The number of ether oxygens (including phenoxy) is 1. The van der Waals surface area contributed by atoms with Crippen LogP contribution in [0.1, 0.15) is 15.9 Å². The Balaban J connectivity index is 2.19. The third-order valence-corrected chi connectivity index (χ3v) is 4.11. The number of nitrogens with zero attached hydrogens (tertiary/aromatic N) is 1. The molecule has 0 spiro atoms. The van der Waals surface area contributed by atoms with Crippen LogP contribution >= 0.6 is 22.6 Å². The molecule has 0 fully saturated rings. The van der Waals surface area contributed by atoms with Gasteiger partial charge in [-0.3, -0.25) is 14.9 Å². The van der Waals surface area contributed by atoms with E-state index in [1.54, 1.807) is 0 Å². The molecule has 1 amide bonds. The van der Waals surface area contributed by atoms with Crippen molar-refractivity contribution in [1.29, 1.82) is 0 Å². The topological polar surface area (TPSA) is 98.5 Å². The molecule has 0 unspecified atom stereocenters. The van der Waals surface area contributed by atoms with Crippen LogP contribution in [0.15, 0.2) is 48.5 Å². The summed E-state index contributed by atoms with van der Waals surface area (Å²) in [6, 6.07) is 11.9.